The Morgan fingerprint density at radius 3 is 2.57 bits per heavy atom. The summed E-state index contributed by atoms with van der Waals surface area (Å²) in [6.07, 6.45) is 5.30. The van der Waals surface area contributed by atoms with Crippen LogP contribution < -0.4 is 20.0 Å². The Morgan fingerprint density at radius 2 is 1.97 bits per heavy atom. The molecule has 0 aromatic carbocycles. The predicted octanol–water partition coefficient (Wildman–Crippen LogP) is 0.506. The van der Waals surface area contributed by atoms with Crippen LogP contribution in [0.25, 0.3) is 0 Å². The highest BCUT2D eigenvalue weighted by molar-refractivity contribution is 6.02. The fourth-order valence-corrected chi connectivity index (χ4v) is 4.03. The summed E-state index contributed by atoms with van der Waals surface area (Å²) in [6, 6.07) is -0.543. The van der Waals surface area contributed by atoms with Crippen molar-refractivity contribution in [1.29, 1.82) is 0 Å². The lowest BCUT2D eigenvalue weighted by atomic mass is 9.92. The molecule has 0 bridgehead atoms. The summed E-state index contributed by atoms with van der Waals surface area (Å²) in [4.78, 5) is 60.8. The number of anilines is 3. The van der Waals surface area contributed by atoms with Crippen molar-refractivity contribution in [2.45, 2.75) is 45.1 Å². The molecule has 1 aromatic heterocycles. The largest absolute Gasteiger partial charge is 0.358 e. The van der Waals surface area contributed by atoms with Crippen molar-refractivity contribution in [3.05, 3.63) is 6.20 Å². The molecule has 0 saturated carbocycles. The third kappa shape index (κ3) is 4.74. The molecule has 1 aromatic rings. The average molecular weight is 416 g/mol. The number of hydrogen-bond donors (Lipinski definition) is 1. The summed E-state index contributed by atoms with van der Waals surface area (Å²) in [5, 5.41) is 2.35. The fraction of sp³-hybridized carbons (Fsp3) is 0.600. The van der Waals surface area contributed by atoms with Crippen molar-refractivity contribution >= 4 is 41.5 Å². The van der Waals surface area contributed by atoms with Crippen LogP contribution >= 0.6 is 0 Å². The molecule has 1 N–H and O–H groups in total. The summed E-state index contributed by atoms with van der Waals surface area (Å²) in [5.41, 5.74) is 0.536. The Kier molecular flexibility index (Phi) is 6.63. The maximum absolute atomic E-state index is 12.3. The molecule has 3 amide bonds. The Labute approximate surface area is 175 Å². The van der Waals surface area contributed by atoms with E-state index in [1.165, 1.54) is 4.90 Å². The minimum Gasteiger partial charge on any atom is -0.358 e. The number of amides is 3. The highest BCUT2D eigenvalue weighted by atomic mass is 16.2. The first kappa shape index (κ1) is 21.7. The number of ketones is 1. The van der Waals surface area contributed by atoms with E-state index in [1.807, 2.05) is 0 Å². The smallest absolute Gasteiger partial charge is 0.249 e. The van der Waals surface area contributed by atoms with Gasteiger partial charge < -0.3 is 19.5 Å². The molecule has 30 heavy (non-hydrogen) atoms. The van der Waals surface area contributed by atoms with Crippen LogP contribution in [0.4, 0.5) is 17.5 Å². The normalized spacial score (nSPS) is 20.0. The average Bonchev–Trinajstić information content (AvgIpc) is 2.72. The van der Waals surface area contributed by atoms with Crippen LogP contribution in [0.15, 0.2) is 6.20 Å². The standard InChI is InChI=1S/C20H28N6O4/c1-13(28)10-14-6-8-26(9-7-14)20-21-11-16(18(23-20)24(2)12-27)25(3)15-4-5-17(29)22-19(15)30/h11-12,14-15H,4-10H2,1-3H3,(H,22,29,30). The molecule has 162 valence electrons. The van der Waals surface area contributed by atoms with Crippen LogP contribution in [0.1, 0.15) is 39.0 Å². The van der Waals surface area contributed by atoms with Gasteiger partial charge in [0, 0.05) is 40.0 Å². The summed E-state index contributed by atoms with van der Waals surface area (Å²) >= 11 is 0. The molecule has 2 saturated heterocycles. The number of piperidine rings is 2. The van der Waals surface area contributed by atoms with Gasteiger partial charge in [-0.1, -0.05) is 0 Å². The van der Waals surface area contributed by atoms with Crippen LogP contribution in [0.5, 0.6) is 0 Å². The highest BCUT2D eigenvalue weighted by Crippen LogP contribution is 2.31. The number of Topliss-reactive ketones (excluding diaryl/α,β-unsaturated/α-hetero) is 1. The van der Waals surface area contributed by atoms with Crippen molar-refractivity contribution in [2.24, 2.45) is 5.92 Å². The van der Waals surface area contributed by atoms with Gasteiger partial charge in [-0.05, 0) is 32.1 Å². The molecule has 1 unspecified atom stereocenters. The van der Waals surface area contributed by atoms with E-state index in [9.17, 15) is 19.2 Å². The number of nitrogens with zero attached hydrogens (tertiary/aromatic N) is 5. The van der Waals surface area contributed by atoms with Gasteiger partial charge in [0.25, 0.3) is 0 Å². The number of rotatable bonds is 7. The van der Waals surface area contributed by atoms with Crippen LogP contribution in [0.2, 0.25) is 0 Å². The number of likely N-dealkylation sites (N-methyl/N-ethyl adjacent to an activating group) is 1. The monoisotopic (exact) mass is 416 g/mol. The topological polar surface area (TPSA) is 116 Å². The maximum Gasteiger partial charge on any atom is 0.249 e. The molecular weight excluding hydrogens is 388 g/mol. The van der Waals surface area contributed by atoms with Gasteiger partial charge in [0.05, 0.1) is 11.9 Å². The Hall–Kier alpha value is -3.04. The number of carbonyl (C=O) groups excluding carboxylic acids is 4. The van der Waals surface area contributed by atoms with Gasteiger partial charge in [0.15, 0.2) is 5.82 Å². The quantitative estimate of drug-likeness (QED) is 0.505. The third-order valence-electron chi connectivity index (χ3n) is 5.76. The van der Waals surface area contributed by atoms with Crippen molar-refractivity contribution in [1.82, 2.24) is 15.3 Å². The van der Waals surface area contributed by atoms with Crippen molar-refractivity contribution in [2.75, 3.05) is 41.9 Å². The van der Waals surface area contributed by atoms with E-state index in [1.54, 1.807) is 32.1 Å². The highest BCUT2D eigenvalue weighted by Gasteiger charge is 2.32. The Morgan fingerprint density at radius 1 is 1.27 bits per heavy atom. The molecule has 3 heterocycles. The van der Waals surface area contributed by atoms with Gasteiger partial charge in [-0.15, -0.1) is 0 Å². The predicted molar refractivity (Wildman–Crippen MR) is 111 cm³/mol. The van der Waals surface area contributed by atoms with Gasteiger partial charge in [0.2, 0.25) is 24.2 Å². The number of carbonyl (C=O) groups is 4. The summed E-state index contributed by atoms with van der Waals surface area (Å²) in [5.74, 6) is 0.849. The maximum atomic E-state index is 12.3. The van der Waals surface area contributed by atoms with Gasteiger partial charge in [0.1, 0.15) is 11.8 Å². The zero-order valence-electron chi connectivity index (χ0n) is 17.6. The van der Waals surface area contributed by atoms with Gasteiger partial charge in [-0.3, -0.25) is 19.7 Å². The molecule has 2 aliphatic rings. The van der Waals surface area contributed by atoms with Crippen LogP contribution in [-0.2, 0) is 19.2 Å². The van der Waals surface area contributed by atoms with Gasteiger partial charge >= 0.3 is 0 Å². The SMILES string of the molecule is CC(=O)CC1CCN(c2ncc(N(C)C3CCC(=O)NC3=O)c(N(C)C=O)n2)CC1. The second-order valence-corrected chi connectivity index (χ2v) is 8.01. The lowest BCUT2D eigenvalue weighted by Gasteiger charge is -2.34. The Balaban J connectivity index is 1.81. The second-order valence-electron chi connectivity index (χ2n) is 8.01. The lowest BCUT2D eigenvalue weighted by Crippen LogP contribution is -2.51. The summed E-state index contributed by atoms with van der Waals surface area (Å²) < 4.78 is 0. The van der Waals surface area contributed by atoms with Crippen LogP contribution in [0.3, 0.4) is 0 Å². The van der Waals surface area contributed by atoms with E-state index < -0.39 is 6.04 Å². The summed E-state index contributed by atoms with van der Waals surface area (Å²) in [7, 11) is 3.33. The van der Waals surface area contributed by atoms with Crippen LogP contribution in [0, 0.1) is 5.92 Å². The van der Waals surface area contributed by atoms with E-state index in [2.05, 4.69) is 20.2 Å². The summed E-state index contributed by atoms with van der Waals surface area (Å²) in [6.45, 7) is 3.10. The van der Waals surface area contributed by atoms with Crippen molar-refractivity contribution in [3.8, 4) is 0 Å². The molecule has 0 radical (unpaired) electrons. The van der Waals surface area contributed by atoms with Crippen molar-refractivity contribution < 1.29 is 19.2 Å². The van der Waals surface area contributed by atoms with Gasteiger partial charge in [-0.2, -0.15) is 4.98 Å². The number of aromatic nitrogens is 2. The second kappa shape index (κ2) is 9.19. The first-order chi connectivity index (χ1) is 14.3. The van der Waals surface area contributed by atoms with E-state index >= 15 is 0 Å². The number of nitrogens with one attached hydrogen (secondary N) is 1. The molecule has 0 aliphatic carbocycles. The van der Waals surface area contributed by atoms with Crippen LogP contribution in [-0.4, -0.2) is 67.2 Å². The molecule has 2 fully saturated rings. The fourth-order valence-electron chi connectivity index (χ4n) is 4.03. The Bertz CT molecular complexity index is 837. The molecule has 2 aliphatic heterocycles. The van der Waals surface area contributed by atoms with Gasteiger partial charge in [-0.25, -0.2) is 4.98 Å². The molecule has 1 atom stereocenters. The minimum atomic E-state index is -0.543. The van der Waals surface area contributed by atoms with E-state index in [4.69, 9.17) is 0 Å². The first-order valence-corrected chi connectivity index (χ1v) is 10.2. The zero-order chi connectivity index (χ0) is 21.8. The van der Waals surface area contributed by atoms with E-state index in [-0.39, 0.29) is 24.0 Å². The molecular formula is C20H28N6O4. The van der Waals surface area contributed by atoms with Crippen molar-refractivity contribution in [3.63, 3.8) is 0 Å². The molecule has 10 nitrogen and oxygen atoms in total. The van der Waals surface area contributed by atoms with E-state index in [0.717, 1.165) is 25.9 Å². The first-order valence-electron chi connectivity index (χ1n) is 10.2. The number of hydrogen-bond acceptors (Lipinski definition) is 8. The molecule has 10 heteroatoms. The third-order valence-corrected chi connectivity index (χ3v) is 5.76. The lowest BCUT2D eigenvalue weighted by molar-refractivity contribution is -0.134. The minimum absolute atomic E-state index is 0.209. The molecule has 0 spiro atoms. The zero-order valence-corrected chi connectivity index (χ0v) is 17.6. The van der Waals surface area contributed by atoms with E-state index in [0.29, 0.717) is 42.6 Å². The molecule has 3 rings (SSSR count). The number of imide groups is 1.